The first-order chi connectivity index (χ1) is 11.1. The van der Waals surface area contributed by atoms with E-state index in [9.17, 15) is 32.9 Å². The highest BCUT2D eigenvalue weighted by atomic mass is 19.4. The number of rotatable bonds is 5. The van der Waals surface area contributed by atoms with Crippen LogP contribution in [0.15, 0.2) is 18.2 Å². The SMILES string of the molecule is C[C@@H]1C[C@H]1C(=O)OCC(=O)Nc1ccc(C(F)(F)F)cc1[N+](=O)[O-]. The van der Waals surface area contributed by atoms with Crippen molar-refractivity contribution in [2.24, 2.45) is 11.8 Å². The van der Waals surface area contributed by atoms with Gasteiger partial charge >= 0.3 is 12.1 Å². The smallest absolute Gasteiger partial charge is 0.416 e. The van der Waals surface area contributed by atoms with Crippen molar-refractivity contribution >= 4 is 23.3 Å². The van der Waals surface area contributed by atoms with Gasteiger partial charge in [-0.3, -0.25) is 19.7 Å². The third-order valence-corrected chi connectivity index (χ3v) is 3.55. The quantitative estimate of drug-likeness (QED) is 0.502. The molecule has 1 aliphatic rings. The van der Waals surface area contributed by atoms with Crippen LogP contribution in [0.3, 0.4) is 0 Å². The first-order valence-electron chi connectivity index (χ1n) is 6.91. The summed E-state index contributed by atoms with van der Waals surface area (Å²) in [6.07, 6.45) is -4.07. The Kier molecular flexibility index (Phi) is 4.76. The van der Waals surface area contributed by atoms with E-state index in [-0.39, 0.29) is 11.8 Å². The summed E-state index contributed by atoms with van der Waals surface area (Å²) in [5, 5.41) is 13.0. The standard InChI is InChI=1S/C14H13F3N2O5/c1-7-4-9(7)13(21)24-6-12(20)18-10-3-2-8(14(15,16)17)5-11(10)19(22)23/h2-3,5,7,9H,4,6H2,1H3,(H,18,20)/t7-,9-/m1/s1. The Hall–Kier alpha value is -2.65. The number of ether oxygens (including phenoxy) is 1. The number of hydrogen-bond acceptors (Lipinski definition) is 5. The van der Waals surface area contributed by atoms with E-state index in [0.29, 0.717) is 18.6 Å². The molecule has 1 aliphatic carbocycles. The van der Waals surface area contributed by atoms with Crippen LogP contribution in [0.25, 0.3) is 0 Å². The van der Waals surface area contributed by atoms with Crippen LogP contribution in [0.2, 0.25) is 0 Å². The van der Waals surface area contributed by atoms with Crippen molar-refractivity contribution < 1.29 is 32.4 Å². The fraction of sp³-hybridized carbons (Fsp3) is 0.429. The minimum Gasteiger partial charge on any atom is -0.455 e. The van der Waals surface area contributed by atoms with Crippen LogP contribution < -0.4 is 5.32 Å². The number of nitro groups is 1. The molecule has 24 heavy (non-hydrogen) atoms. The van der Waals surface area contributed by atoms with Crippen molar-refractivity contribution in [2.45, 2.75) is 19.5 Å². The van der Waals surface area contributed by atoms with Gasteiger partial charge in [-0.15, -0.1) is 0 Å². The summed E-state index contributed by atoms with van der Waals surface area (Å²) < 4.78 is 42.5. The zero-order valence-corrected chi connectivity index (χ0v) is 12.4. The van der Waals surface area contributed by atoms with E-state index in [1.165, 1.54) is 0 Å². The van der Waals surface area contributed by atoms with Crippen LogP contribution in [-0.2, 0) is 20.5 Å². The number of carbonyl (C=O) groups is 2. The summed E-state index contributed by atoms with van der Waals surface area (Å²) >= 11 is 0. The van der Waals surface area contributed by atoms with E-state index in [1.54, 1.807) is 0 Å². The molecule has 0 saturated heterocycles. The van der Waals surface area contributed by atoms with Gasteiger partial charge in [-0.2, -0.15) is 13.2 Å². The number of benzene rings is 1. The molecule has 130 valence electrons. The van der Waals surface area contributed by atoms with E-state index in [1.807, 2.05) is 6.92 Å². The number of alkyl halides is 3. The largest absolute Gasteiger partial charge is 0.455 e. The van der Waals surface area contributed by atoms with Gasteiger partial charge in [-0.25, -0.2) is 0 Å². The number of nitrogens with one attached hydrogen (secondary N) is 1. The lowest BCUT2D eigenvalue weighted by molar-refractivity contribution is -0.384. The molecule has 1 N–H and O–H groups in total. The number of nitrogens with zero attached hydrogens (tertiary/aromatic N) is 1. The third kappa shape index (κ3) is 4.21. The molecule has 0 aliphatic heterocycles. The molecule has 0 radical (unpaired) electrons. The Bertz CT molecular complexity index is 689. The lowest BCUT2D eigenvalue weighted by Crippen LogP contribution is -2.22. The highest BCUT2D eigenvalue weighted by Crippen LogP contribution is 2.38. The summed E-state index contributed by atoms with van der Waals surface area (Å²) in [6.45, 7) is 1.18. The Morgan fingerprint density at radius 3 is 2.54 bits per heavy atom. The van der Waals surface area contributed by atoms with Gasteiger partial charge in [0.2, 0.25) is 0 Å². The topological polar surface area (TPSA) is 98.5 Å². The second kappa shape index (κ2) is 6.46. The van der Waals surface area contributed by atoms with Crippen molar-refractivity contribution in [2.75, 3.05) is 11.9 Å². The van der Waals surface area contributed by atoms with E-state index in [4.69, 9.17) is 4.74 Å². The molecule has 2 atom stereocenters. The second-order valence-electron chi connectivity index (χ2n) is 5.46. The highest BCUT2D eigenvalue weighted by molar-refractivity contribution is 5.95. The Balaban J connectivity index is 2.04. The van der Waals surface area contributed by atoms with Crippen molar-refractivity contribution in [3.8, 4) is 0 Å². The number of halogens is 3. The second-order valence-corrected chi connectivity index (χ2v) is 5.46. The summed E-state index contributed by atoms with van der Waals surface area (Å²) in [4.78, 5) is 33.0. The lowest BCUT2D eigenvalue weighted by atomic mass is 10.1. The van der Waals surface area contributed by atoms with Crippen molar-refractivity contribution in [3.05, 3.63) is 33.9 Å². The van der Waals surface area contributed by atoms with Gasteiger partial charge in [0, 0.05) is 6.07 Å². The van der Waals surface area contributed by atoms with Crippen LogP contribution in [0.1, 0.15) is 18.9 Å². The molecule has 0 heterocycles. The summed E-state index contributed by atoms with van der Waals surface area (Å²) in [5.41, 5.74) is -2.52. The van der Waals surface area contributed by atoms with Gasteiger partial charge < -0.3 is 10.1 Å². The summed E-state index contributed by atoms with van der Waals surface area (Å²) in [5.74, 6) is -1.48. The fourth-order valence-corrected chi connectivity index (χ4v) is 2.05. The maximum Gasteiger partial charge on any atom is 0.416 e. The van der Waals surface area contributed by atoms with E-state index in [2.05, 4.69) is 5.32 Å². The maximum absolute atomic E-state index is 12.6. The average Bonchev–Trinajstić information content (AvgIpc) is 3.21. The van der Waals surface area contributed by atoms with Gasteiger partial charge in [-0.05, 0) is 24.5 Å². The predicted molar refractivity (Wildman–Crippen MR) is 75.0 cm³/mol. The van der Waals surface area contributed by atoms with Crippen molar-refractivity contribution in [1.29, 1.82) is 0 Å². The van der Waals surface area contributed by atoms with Crippen molar-refractivity contribution in [3.63, 3.8) is 0 Å². The average molecular weight is 346 g/mol. The summed E-state index contributed by atoms with van der Waals surface area (Å²) in [7, 11) is 0. The zero-order chi connectivity index (χ0) is 18.1. The Morgan fingerprint density at radius 1 is 1.42 bits per heavy atom. The van der Waals surface area contributed by atoms with E-state index >= 15 is 0 Å². The predicted octanol–water partition coefficient (Wildman–Crippen LogP) is 2.75. The molecule has 1 aromatic carbocycles. The normalized spacial score (nSPS) is 19.5. The number of esters is 1. The molecule has 1 amide bonds. The first-order valence-corrected chi connectivity index (χ1v) is 6.91. The first kappa shape index (κ1) is 17.7. The fourth-order valence-electron chi connectivity index (χ4n) is 2.05. The van der Waals surface area contributed by atoms with Gasteiger partial charge in [0.25, 0.3) is 11.6 Å². The molecule has 0 unspecified atom stereocenters. The molecule has 7 nitrogen and oxygen atoms in total. The molecular formula is C14H13F3N2O5. The molecule has 2 rings (SSSR count). The minimum atomic E-state index is -4.75. The molecule has 1 saturated carbocycles. The van der Waals surface area contributed by atoms with Gasteiger partial charge in [-0.1, -0.05) is 6.92 Å². The number of carbonyl (C=O) groups excluding carboxylic acids is 2. The molecule has 0 spiro atoms. The monoisotopic (exact) mass is 346 g/mol. The van der Waals surface area contributed by atoms with E-state index in [0.717, 1.165) is 6.07 Å². The van der Waals surface area contributed by atoms with Crippen LogP contribution in [-0.4, -0.2) is 23.4 Å². The van der Waals surface area contributed by atoms with Crippen LogP contribution >= 0.6 is 0 Å². The van der Waals surface area contributed by atoms with Crippen LogP contribution in [0, 0.1) is 22.0 Å². The number of anilines is 1. The number of amides is 1. The van der Waals surface area contributed by atoms with E-state index < -0.39 is 46.5 Å². The molecular weight excluding hydrogens is 333 g/mol. The zero-order valence-electron chi connectivity index (χ0n) is 12.4. The lowest BCUT2D eigenvalue weighted by Gasteiger charge is -2.10. The Labute approximate surface area is 133 Å². The molecule has 0 aromatic heterocycles. The van der Waals surface area contributed by atoms with Gasteiger partial charge in [0.05, 0.1) is 16.4 Å². The number of nitro benzene ring substituents is 1. The number of hydrogen-bond donors (Lipinski definition) is 1. The van der Waals surface area contributed by atoms with Crippen molar-refractivity contribution in [1.82, 2.24) is 0 Å². The highest BCUT2D eigenvalue weighted by Gasteiger charge is 2.40. The van der Waals surface area contributed by atoms with Gasteiger partial charge in [0.15, 0.2) is 6.61 Å². The van der Waals surface area contributed by atoms with Gasteiger partial charge in [0.1, 0.15) is 5.69 Å². The summed E-state index contributed by atoms with van der Waals surface area (Å²) in [6, 6.07) is 1.72. The molecule has 1 aromatic rings. The minimum absolute atomic E-state index is 0.191. The third-order valence-electron chi connectivity index (χ3n) is 3.55. The Morgan fingerprint density at radius 2 is 2.04 bits per heavy atom. The van der Waals surface area contributed by atoms with Crippen LogP contribution in [0.5, 0.6) is 0 Å². The molecule has 10 heteroatoms. The molecule has 1 fully saturated rings. The van der Waals surface area contributed by atoms with Crippen LogP contribution in [0.4, 0.5) is 24.5 Å². The maximum atomic E-state index is 12.6. The molecule has 0 bridgehead atoms.